The van der Waals surface area contributed by atoms with Crippen LogP contribution in [0.4, 0.5) is 13.2 Å². The Morgan fingerprint density at radius 1 is 1.22 bits per heavy atom. The van der Waals surface area contributed by atoms with Crippen molar-refractivity contribution in [3.05, 3.63) is 0 Å². The number of amides is 1. The molecule has 2 fully saturated rings. The predicted molar refractivity (Wildman–Crippen MR) is 77.0 cm³/mol. The maximum Gasteiger partial charge on any atom is 0.406 e. The second-order valence-corrected chi connectivity index (χ2v) is 5.89. The van der Waals surface area contributed by atoms with Crippen LogP contribution >= 0.6 is 0 Å². The molecule has 2 saturated heterocycles. The van der Waals surface area contributed by atoms with E-state index in [1.807, 2.05) is 0 Å². The Morgan fingerprint density at radius 3 is 2.52 bits per heavy atom. The highest BCUT2D eigenvalue weighted by atomic mass is 19.4. The molecule has 2 heterocycles. The number of hydrogen-bond donors (Lipinski definition) is 1. The lowest BCUT2D eigenvalue weighted by molar-refractivity contribution is -0.159. The Morgan fingerprint density at radius 2 is 1.91 bits per heavy atom. The van der Waals surface area contributed by atoms with E-state index in [2.05, 4.69) is 4.90 Å². The number of hydrogen-bond acceptors (Lipinski definition) is 5. The number of morpholine rings is 1. The molecular formula is C14H24F3N3O3. The van der Waals surface area contributed by atoms with Crippen LogP contribution in [0.2, 0.25) is 0 Å². The lowest BCUT2D eigenvalue weighted by Crippen LogP contribution is -2.48. The number of aliphatic hydroxyl groups excluding tert-OH is 1. The maximum atomic E-state index is 12.5. The van der Waals surface area contributed by atoms with Gasteiger partial charge in [-0.25, -0.2) is 0 Å². The number of alkyl halides is 3. The van der Waals surface area contributed by atoms with E-state index in [1.165, 1.54) is 0 Å². The molecule has 0 aliphatic carbocycles. The van der Waals surface area contributed by atoms with Gasteiger partial charge in [-0.1, -0.05) is 0 Å². The van der Waals surface area contributed by atoms with E-state index in [4.69, 9.17) is 4.74 Å². The van der Waals surface area contributed by atoms with Crippen LogP contribution < -0.4 is 0 Å². The van der Waals surface area contributed by atoms with E-state index in [1.54, 1.807) is 4.90 Å². The van der Waals surface area contributed by atoms with Crippen molar-refractivity contribution in [1.82, 2.24) is 14.7 Å². The van der Waals surface area contributed by atoms with Crippen LogP contribution in [0, 0.1) is 0 Å². The number of carbonyl (C=O) groups excluding carboxylic acids is 1. The average Bonchev–Trinajstić information content (AvgIpc) is 2.84. The summed E-state index contributed by atoms with van der Waals surface area (Å²) in [5.41, 5.74) is 0. The summed E-state index contributed by atoms with van der Waals surface area (Å²) < 4.78 is 42.7. The minimum Gasteiger partial charge on any atom is -0.395 e. The molecular weight excluding hydrogens is 315 g/mol. The van der Waals surface area contributed by atoms with Gasteiger partial charge in [-0.2, -0.15) is 13.2 Å². The molecule has 2 rings (SSSR count). The minimum atomic E-state index is -4.37. The zero-order valence-corrected chi connectivity index (χ0v) is 13.1. The van der Waals surface area contributed by atoms with Crippen LogP contribution in [0.25, 0.3) is 0 Å². The molecule has 9 heteroatoms. The Hall–Kier alpha value is -0.900. The molecule has 2 aliphatic rings. The van der Waals surface area contributed by atoms with Gasteiger partial charge in [-0.05, 0) is 6.42 Å². The van der Waals surface area contributed by atoms with Gasteiger partial charge in [0, 0.05) is 39.3 Å². The molecule has 0 unspecified atom stereocenters. The zero-order valence-electron chi connectivity index (χ0n) is 13.1. The highest BCUT2D eigenvalue weighted by Gasteiger charge is 2.41. The minimum absolute atomic E-state index is 0.114. The largest absolute Gasteiger partial charge is 0.406 e. The van der Waals surface area contributed by atoms with E-state index in [9.17, 15) is 23.1 Å². The number of likely N-dealkylation sites (tertiary alicyclic amines) is 1. The molecule has 0 aromatic heterocycles. The summed E-state index contributed by atoms with van der Waals surface area (Å²) in [4.78, 5) is 17.1. The standard InChI is InChI=1S/C14H24F3N3O3/c15-14(16,17)11-20-2-1-12(13(20)22)19(5-8-21)4-3-18-6-9-23-10-7-18/h12,21H,1-11H2/t12-/m0/s1. The van der Waals surface area contributed by atoms with Gasteiger partial charge in [0.05, 0.1) is 25.9 Å². The zero-order chi connectivity index (χ0) is 16.9. The summed E-state index contributed by atoms with van der Waals surface area (Å²) in [7, 11) is 0. The number of carbonyl (C=O) groups is 1. The first-order valence-corrected chi connectivity index (χ1v) is 7.91. The smallest absolute Gasteiger partial charge is 0.395 e. The fourth-order valence-corrected chi connectivity index (χ4v) is 3.08. The van der Waals surface area contributed by atoms with Gasteiger partial charge in [0.2, 0.25) is 5.91 Å². The molecule has 0 radical (unpaired) electrons. The van der Waals surface area contributed by atoms with Crippen molar-refractivity contribution in [3.8, 4) is 0 Å². The number of nitrogens with zero attached hydrogens (tertiary/aromatic N) is 3. The lowest BCUT2D eigenvalue weighted by atomic mass is 10.2. The van der Waals surface area contributed by atoms with Gasteiger partial charge in [-0.15, -0.1) is 0 Å². The highest BCUT2D eigenvalue weighted by molar-refractivity contribution is 5.84. The first kappa shape index (κ1) is 18.4. The van der Waals surface area contributed by atoms with Crippen LogP contribution in [0.5, 0.6) is 0 Å². The summed E-state index contributed by atoms with van der Waals surface area (Å²) >= 11 is 0. The Labute approximate surface area is 133 Å². The quantitative estimate of drug-likeness (QED) is 0.695. The molecule has 1 atom stereocenters. The third-order valence-corrected chi connectivity index (χ3v) is 4.27. The normalized spacial score (nSPS) is 24.0. The molecule has 0 aromatic rings. The molecule has 134 valence electrons. The van der Waals surface area contributed by atoms with Crippen LogP contribution in [0.3, 0.4) is 0 Å². The molecule has 0 spiro atoms. The highest BCUT2D eigenvalue weighted by Crippen LogP contribution is 2.23. The summed E-state index contributed by atoms with van der Waals surface area (Å²) in [5.74, 6) is -0.488. The van der Waals surface area contributed by atoms with Gasteiger partial charge in [-0.3, -0.25) is 14.6 Å². The van der Waals surface area contributed by atoms with Gasteiger partial charge in [0.1, 0.15) is 6.54 Å². The van der Waals surface area contributed by atoms with E-state index >= 15 is 0 Å². The predicted octanol–water partition coefficient (Wildman–Crippen LogP) is -0.224. The summed E-state index contributed by atoms with van der Waals surface area (Å²) in [6, 6.07) is -0.564. The molecule has 0 bridgehead atoms. The number of halogens is 3. The van der Waals surface area contributed by atoms with Crippen molar-refractivity contribution in [2.45, 2.75) is 18.6 Å². The summed E-state index contributed by atoms with van der Waals surface area (Å²) in [5, 5.41) is 9.19. The van der Waals surface area contributed by atoms with Gasteiger partial charge < -0.3 is 14.7 Å². The fourth-order valence-electron chi connectivity index (χ4n) is 3.08. The topological polar surface area (TPSA) is 56.3 Å². The first-order valence-electron chi connectivity index (χ1n) is 7.91. The van der Waals surface area contributed by atoms with E-state index < -0.39 is 24.7 Å². The monoisotopic (exact) mass is 339 g/mol. The van der Waals surface area contributed by atoms with Crippen LogP contribution in [0.1, 0.15) is 6.42 Å². The summed E-state index contributed by atoms with van der Waals surface area (Å²) in [6.07, 6.45) is -4.00. The third kappa shape index (κ3) is 5.59. The fraction of sp³-hybridized carbons (Fsp3) is 0.929. The second-order valence-electron chi connectivity index (χ2n) is 5.89. The number of rotatable bonds is 7. The molecule has 1 amide bonds. The van der Waals surface area contributed by atoms with E-state index in [0.717, 1.165) is 18.0 Å². The molecule has 2 aliphatic heterocycles. The Balaban J connectivity index is 1.88. The van der Waals surface area contributed by atoms with Crippen LogP contribution in [0.15, 0.2) is 0 Å². The van der Waals surface area contributed by atoms with Crippen molar-refractivity contribution >= 4 is 5.91 Å². The van der Waals surface area contributed by atoms with Gasteiger partial charge in [0.25, 0.3) is 0 Å². The average molecular weight is 339 g/mol. The SMILES string of the molecule is O=C1[C@@H](N(CCO)CCN2CCOCC2)CCN1CC(F)(F)F. The summed E-state index contributed by atoms with van der Waals surface area (Å²) in [6.45, 7) is 3.32. The van der Waals surface area contributed by atoms with E-state index in [-0.39, 0.29) is 13.2 Å². The van der Waals surface area contributed by atoms with Crippen molar-refractivity contribution in [1.29, 1.82) is 0 Å². The molecule has 23 heavy (non-hydrogen) atoms. The van der Waals surface area contributed by atoms with Gasteiger partial charge in [0.15, 0.2) is 0 Å². The third-order valence-electron chi connectivity index (χ3n) is 4.27. The van der Waals surface area contributed by atoms with E-state index in [0.29, 0.717) is 39.3 Å². The second kappa shape index (κ2) is 8.27. The molecule has 1 N–H and O–H groups in total. The first-order chi connectivity index (χ1) is 10.9. The van der Waals surface area contributed by atoms with Crippen molar-refractivity contribution in [3.63, 3.8) is 0 Å². The number of ether oxygens (including phenoxy) is 1. The lowest BCUT2D eigenvalue weighted by Gasteiger charge is -2.32. The molecule has 6 nitrogen and oxygen atoms in total. The van der Waals surface area contributed by atoms with Crippen LogP contribution in [-0.4, -0.2) is 104 Å². The van der Waals surface area contributed by atoms with Crippen LogP contribution in [-0.2, 0) is 9.53 Å². The van der Waals surface area contributed by atoms with Crippen molar-refractivity contribution in [2.75, 3.05) is 65.6 Å². The molecule has 0 saturated carbocycles. The maximum absolute atomic E-state index is 12.5. The Bertz CT molecular complexity index is 389. The van der Waals surface area contributed by atoms with Gasteiger partial charge >= 0.3 is 6.18 Å². The van der Waals surface area contributed by atoms with Crippen molar-refractivity contribution in [2.24, 2.45) is 0 Å². The van der Waals surface area contributed by atoms with Crippen molar-refractivity contribution < 1.29 is 27.8 Å². The number of aliphatic hydroxyl groups is 1. The molecule has 0 aromatic carbocycles. The Kier molecular flexibility index (Phi) is 6.63.